The van der Waals surface area contributed by atoms with Gasteiger partial charge in [-0.15, -0.1) is 0 Å². The molecule has 0 saturated carbocycles. The number of carbonyl (C=O) groups is 5. The van der Waals surface area contributed by atoms with Crippen LogP contribution in [0, 0.1) is 0 Å². The second kappa shape index (κ2) is 11.3. The Labute approximate surface area is 231 Å². The molecule has 13 heteroatoms. The van der Waals surface area contributed by atoms with Gasteiger partial charge in [-0.25, -0.2) is 9.59 Å². The summed E-state index contributed by atoms with van der Waals surface area (Å²) in [5, 5.41) is 52.6. The predicted octanol–water partition coefficient (Wildman–Crippen LogP) is 1.62. The highest BCUT2D eigenvalue weighted by Crippen LogP contribution is 2.35. The molecule has 1 fully saturated rings. The largest absolute Gasteiger partial charge is 0.508 e. The van der Waals surface area contributed by atoms with Crippen molar-refractivity contribution >= 4 is 29.5 Å². The summed E-state index contributed by atoms with van der Waals surface area (Å²) >= 11 is 0. The number of nitrogens with zero attached hydrogens (tertiary/aromatic N) is 1. The van der Waals surface area contributed by atoms with Gasteiger partial charge in [0.15, 0.2) is 0 Å². The van der Waals surface area contributed by atoms with Gasteiger partial charge >= 0.3 is 11.9 Å². The van der Waals surface area contributed by atoms with Crippen LogP contribution >= 0.6 is 0 Å². The number of phenolic OH excluding ortho intramolecular Hbond substituents is 4. The predicted molar refractivity (Wildman–Crippen MR) is 139 cm³/mol. The molecule has 0 bridgehead atoms. The van der Waals surface area contributed by atoms with Crippen LogP contribution in [0.15, 0.2) is 54.6 Å². The Bertz CT molecular complexity index is 1540. The summed E-state index contributed by atoms with van der Waals surface area (Å²) in [5.41, 5.74) is -2.19. The summed E-state index contributed by atoms with van der Waals surface area (Å²) < 4.78 is 5.50. The molecule has 1 aliphatic rings. The maximum Gasteiger partial charge on any atom is 0.338 e. The summed E-state index contributed by atoms with van der Waals surface area (Å²) in [6, 6.07) is 9.51. The van der Waals surface area contributed by atoms with Crippen molar-refractivity contribution in [2.24, 2.45) is 0 Å². The van der Waals surface area contributed by atoms with Gasteiger partial charge in [0.05, 0.1) is 29.3 Å². The zero-order valence-electron chi connectivity index (χ0n) is 21.4. The number of likely N-dealkylation sites (tertiary alicyclic amines) is 1. The minimum Gasteiger partial charge on any atom is -0.508 e. The maximum absolute atomic E-state index is 13.0. The molecule has 212 valence electrons. The standard InChI is InChI=1S/C28H24N2O11/c1-13(31)30-11-18(29-26(37)14-5-7-16(32)8-6-14)22(12-30)41-28(40)15-9-20(34)24(21(35)10-15)25(36)23-17(27(38)39)3-2-4-19(23)33/h2-10,18,22,32-35H,11-12H2,1H3,(H,29,37)(H,38,39)/t18-,22-/m0/s1. The van der Waals surface area contributed by atoms with E-state index in [1.165, 1.54) is 42.2 Å². The van der Waals surface area contributed by atoms with Gasteiger partial charge in [0, 0.05) is 19.0 Å². The van der Waals surface area contributed by atoms with Crippen LogP contribution in [-0.4, -0.2) is 85.2 Å². The summed E-state index contributed by atoms with van der Waals surface area (Å²) in [7, 11) is 0. The summed E-state index contributed by atoms with van der Waals surface area (Å²) in [6.07, 6.45) is -1.03. The number of hydrogen-bond donors (Lipinski definition) is 6. The van der Waals surface area contributed by atoms with E-state index in [0.29, 0.717) is 0 Å². The SMILES string of the molecule is CC(=O)N1C[C@H](NC(=O)c2ccc(O)cc2)[C@@H](OC(=O)c2cc(O)c(C(=O)c3c(O)cccc3C(=O)O)c(O)c2)C1. The molecule has 1 saturated heterocycles. The Balaban J connectivity index is 1.57. The number of benzene rings is 3. The first-order chi connectivity index (χ1) is 19.4. The molecule has 1 aliphatic heterocycles. The van der Waals surface area contributed by atoms with E-state index >= 15 is 0 Å². The van der Waals surface area contributed by atoms with E-state index in [1.807, 2.05) is 0 Å². The van der Waals surface area contributed by atoms with Crippen molar-refractivity contribution in [3.8, 4) is 23.0 Å². The third-order valence-corrected chi connectivity index (χ3v) is 6.48. The van der Waals surface area contributed by atoms with Gasteiger partial charge in [0.25, 0.3) is 5.91 Å². The van der Waals surface area contributed by atoms with Crippen molar-refractivity contribution in [2.45, 2.75) is 19.1 Å². The molecule has 0 aliphatic carbocycles. The molecule has 4 rings (SSSR count). The van der Waals surface area contributed by atoms with Crippen LogP contribution in [-0.2, 0) is 9.53 Å². The quantitative estimate of drug-likeness (QED) is 0.179. The van der Waals surface area contributed by atoms with Crippen molar-refractivity contribution < 1.29 is 54.2 Å². The minimum atomic E-state index is -1.54. The third kappa shape index (κ3) is 5.88. The van der Waals surface area contributed by atoms with Crippen LogP contribution in [0.2, 0.25) is 0 Å². The van der Waals surface area contributed by atoms with Gasteiger partial charge in [-0.05, 0) is 48.5 Å². The van der Waals surface area contributed by atoms with Crippen LogP contribution in [0.5, 0.6) is 23.0 Å². The average molecular weight is 565 g/mol. The highest BCUT2D eigenvalue weighted by Gasteiger charge is 2.38. The lowest BCUT2D eigenvalue weighted by Gasteiger charge is -2.20. The Morgan fingerprint density at radius 3 is 2.05 bits per heavy atom. The van der Waals surface area contributed by atoms with Crippen molar-refractivity contribution in [2.75, 3.05) is 13.1 Å². The highest BCUT2D eigenvalue weighted by atomic mass is 16.5. The molecule has 0 spiro atoms. The molecular weight excluding hydrogens is 540 g/mol. The molecule has 0 unspecified atom stereocenters. The maximum atomic E-state index is 13.0. The minimum absolute atomic E-state index is 0.0214. The molecule has 0 radical (unpaired) electrons. The number of carboxylic acids is 1. The van der Waals surface area contributed by atoms with Gasteiger partial charge in [-0.1, -0.05) is 6.07 Å². The van der Waals surface area contributed by atoms with E-state index in [1.54, 1.807) is 0 Å². The first-order valence-corrected chi connectivity index (χ1v) is 12.1. The Kier molecular flexibility index (Phi) is 7.80. The van der Waals surface area contributed by atoms with Gasteiger partial charge in [0.2, 0.25) is 11.7 Å². The van der Waals surface area contributed by atoms with Gasteiger partial charge in [0.1, 0.15) is 34.7 Å². The molecule has 0 aromatic heterocycles. The number of ether oxygens (including phenoxy) is 1. The lowest BCUT2D eigenvalue weighted by atomic mass is 9.95. The van der Waals surface area contributed by atoms with Crippen molar-refractivity contribution in [1.82, 2.24) is 10.2 Å². The van der Waals surface area contributed by atoms with Crippen LogP contribution < -0.4 is 5.32 Å². The molecule has 2 amide bonds. The molecule has 41 heavy (non-hydrogen) atoms. The summed E-state index contributed by atoms with van der Waals surface area (Å²) in [6.45, 7) is 1.25. The van der Waals surface area contributed by atoms with Crippen LogP contribution in [0.1, 0.15) is 53.9 Å². The first kappa shape index (κ1) is 28.4. The number of hydrogen-bond acceptors (Lipinski definition) is 10. The number of phenols is 4. The zero-order valence-corrected chi connectivity index (χ0v) is 21.4. The molecule has 13 nitrogen and oxygen atoms in total. The third-order valence-electron chi connectivity index (χ3n) is 6.48. The fraction of sp³-hybridized carbons (Fsp3) is 0.179. The van der Waals surface area contributed by atoms with Crippen LogP contribution in [0.4, 0.5) is 0 Å². The van der Waals surface area contributed by atoms with Crippen molar-refractivity contribution in [3.05, 3.63) is 82.4 Å². The molecule has 1 heterocycles. The number of ketones is 1. The zero-order chi connectivity index (χ0) is 30.0. The topological polar surface area (TPSA) is 211 Å². The van der Waals surface area contributed by atoms with E-state index in [9.17, 15) is 49.5 Å². The molecule has 3 aromatic carbocycles. The highest BCUT2D eigenvalue weighted by molar-refractivity contribution is 6.18. The molecule has 3 aromatic rings. The van der Waals surface area contributed by atoms with E-state index in [2.05, 4.69) is 5.32 Å². The van der Waals surface area contributed by atoms with Crippen LogP contribution in [0.3, 0.4) is 0 Å². The number of nitrogens with one attached hydrogen (secondary N) is 1. The van der Waals surface area contributed by atoms with Crippen molar-refractivity contribution in [1.29, 1.82) is 0 Å². The number of carboxylic acid groups (broad SMARTS) is 1. The van der Waals surface area contributed by atoms with E-state index in [0.717, 1.165) is 24.3 Å². The second-order valence-corrected chi connectivity index (χ2v) is 9.22. The number of aromatic carboxylic acids is 1. The smallest absolute Gasteiger partial charge is 0.338 e. The Morgan fingerprint density at radius 1 is 0.829 bits per heavy atom. The van der Waals surface area contributed by atoms with Gasteiger partial charge in [-0.3, -0.25) is 14.4 Å². The Morgan fingerprint density at radius 2 is 1.46 bits per heavy atom. The molecule has 2 atom stereocenters. The van der Waals surface area contributed by atoms with Gasteiger partial charge in [-0.2, -0.15) is 0 Å². The normalized spacial score (nSPS) is 16.2. The Hall–Kier alpha value is -5.59. The van der Waals surface area contributed by atoms with E-state index in [-0.39, 0.29) is 30.3 Å². The number of carbonyl (C=O) groups excluding carboxylic acids is 4. The van der Waals surface area contributed by atoms with E-state index in [4.69, 9.17) is 4.74 Å². The number of esters is 1. The van der Waals surface area contributed by atoms with Crippen molar-refractivity contribution in [3.63, 3.8) is 0 Å². The molecular formula is C28H24N2O11. The number of aromatic hydroxyl groups is 4. The monoisotopic (exact) mass is 564 g/mol. The van der Waals surface area contributed by atoms with E-state index < -0.39 is 75.3 Å². The fourth-order valence-electron chi connectivity index (χ4n) is 4.40. The number of rotatable bonds is 7. The number of amides is 2. The molecule has 6 N–H and O–H groups in total. The van der Waals surface area contributed by atoms with Gasteiger partial charge < -0.3 is 40.5 Å². The average Bonchev–Trinajstić information content (AvgIpc) is 3.30. The fourth-order valence-corrected chi connectivity index (χ4v) is 4.40. The van der Waals surface area contributed by atoms with Crippen LogP contribution in [0.25, 0.3) is 0 Å². The lowest BCUT2D eigenvalue weighted by Crippen LogP contribution is -2.44. The summed E-state index contributed by atoms with van der Waals surface area (Å²) in [5.74, 6) is -7.23. The lowest BCUT2D eigenvalue weighted by molar-refractivity contribution is -0.128. The second-order valence-electron chi connectivity index (χ2n) is 9.22. The first-order valence-electron chi connectivity index (χ1n) is 12.1. The summed E-state index contributed by atoms with van der Waals surface area (Å²) in [4.78, 5) is 63.6.